The normalized spacial score (nSPS) is 19.0. The summed E-state index contributed by atoms with van der Waals surface area (Å²) in [6.07, 6.45) is -4.57. The largest absolute Gasteiger partial charge is 0.444 e. The molecular weight excluding hydrogens is 335 g/mol. The predicted molar refractivity (Wildman–Crippen MR) is 86.1 cm³/mol. The third kappa shape index (κ3) is 5.47. The molecule has 25 heavy (non-hydrogen) atoms. The molecule has 1 atom stereocenters. The summed E-state index contributed by atoms with van der Waals surface area (Å²) in [5, 5.41) is 0. The van der Waals surface area contributed by atoms with Gasteiger partial charge in [-0.15, -0.1) is 0 Å². The lowest BCUT2D eigenvalue weighted by molar-refractivity contribution is -0.137. The summed E-state index contributed by atoms with van der Waals surface area (Å²) in [5.74, 6) is -0.568. The quantitative estimate of drug-likeness (QED) is 0.801. The first-order valence-corrected chi connectivity index (χ1v) is 8.12. The minimum Gasteiger partial charge on any atom is -0.444 e. The first kappa shape index (κ1) is 19.3. The van der Waals surface area contributed by atoms with Gasteiger partial charge in [-0.25, -0.2) is 4.79 Å². The van der Waals surface area contributed by atoms with Crippen molar-refractivity contribution < 1.29 is 27.5 Å². The first-order chi connectivity index (χ1) is 11.5. The summed E-state index contributed by atoms with van der Waals surface area (Å²) in [7, 11) is 0. The summed E-state index contributed by atoms with van der Waals surface area (Å²) in [4.78, 5) is 25.7. The van der Waals surface area contributed by atoms with Crippen molar-refractivity contribution in [1.82, 2.24) is 4.90 Å². The second kappa shape index (κ2) is 7.06. The Labute approximate surface area is 144 Å². The molecular formula is C18H22F3NO3. The topological polar surface area (TPSA) is 46.6 Å². The van der Waals surface area contributed by atoms with E-state index in [1.807, 2.05) is 0 Å². The molecule has 1 aliphatic heterocycles. The Morgan fingerprint density at radius 3 is 2.56 bits per heavy atom. The van der Waals surface area contributed by atoms with Gasteiger partial charge < -0.3 is 9.64 Å². The zero-order chi connectivity index (χ0) is 18.8. The number of rotatable bonds is 2. The number of likely N-dealkylation sites (tertiary alicyclic amines) is 1. The van der Waals surface area contributed by atoms with Crippen LogP contribution in [0.15, 0.2) is 24.3 Å². The van der Waals surface area contributed by atoms with Crippen molar-refractivity contribution in [2.75, 3.05) is 13.1 Å². The van der Waals surface area contributed by atoms with Gasteiger partial charge in [-0.05, 0) is 38.8 Å². The van der Waals surface area contributed by atoms with Crippen LogP contribution in [0.1, 0.15) is 38.3 Å². The van der Waals surface area contributed by atoms with Crippen LogP contribution in [0.2, 0.25) is 0 Å². The Bertz CT molecular complexity index is 650. The molecule has 1 amide bonds. The van der Waals surface area contributed by atoms with Crippen molar-refractivity contribution in [2.24, 2.45) is 5.92 Å². The molecule has 4 nitrogen and oxygen atoms in total. The number of piperidine rings is 1. The Morgan fingerprint density at radius 1 is 1.28 bits per heavy atom. The van der Waals surface area contributed by atoms with E-state index in [2.05, 4.69) is 0 Å². The van der Waals surface area contributed by atoms with Crippen molar-refractivity contribution in [1.29, 1.82) is 0 Å². The number of carbonyl (C=O) groups excluding carboxylic acids is 2. The molecule has 0 saturated carbocycles. The molecule has 0 N–H and O–H groups in total. The summed E-state index contributed by atoms with van der Waals surface area (Å²) >= 11 is 0. The summed E-state index contributed by atoms with van der Waals surface area (Å²) in [6, 6.07) is 4.95. The van der Waals surface area contributed by atoms with Crippen LogP contribution in [0.5, 0.6) is 0 Å². The van der Waals surface area contributed by atoms with Crippen LogP contribution in [0.4, 0.5) is 18.0 Å². The van der Waals surface area contributed by atoms with Gasteiger partial charge in [-0.1, -0.05) is 18.2 Å². The second-order valence-corrected chi connectivity index (χ2v) is 7.24. The van der Waals surface area contributed by atoms with E-state index < -0.39 is 29.4 Å². The van der Waals surface area contributed by atoms with Gasteiger partial charge in [-0.3, -0.25) is 4.79 Å². The Kier molecular flexibility index (Phi) is 5.44. The van der Waals surface area contributed by atoms with E-state index in [-0.39, 0.29) is 31.7 Å². The molecule has 1 aromatic carbocycles. The molecule has 138 valence electrons. The molecule has 2 rings (SSSR count). The SMILES string of the molecule is CC(C)(C)OC(=O)N1CCC(=O)C(Cc2cccc(C(F)(F)F)c2)C1. The van der Waals surface area contributed by atoms with Crippen LogP contribution in [0.25, 0.3) is 0 Å². The third-order valence-corrected chi connectivity index (χ3v) is 3.91. The molecule has 0 aliphatic carbocycles. The smallest absolute Gasteiger partial charge is 0.416 e. The average Bonchev–Trinajstić information content (AvgIpc) is 2.47. The number of hydrogen-bond donors (Lipinski definition) is 0. The Morgan fingerprint density at radius 2 is 1.96 bits per heavy atom. The van der Waals surface area contributed by atoms with E-state index in [0.29, 0.717) is 5.56 Å². The van der Waals surface area contributed by atoms with Gasteiger partial charge in [-0.2, -0.15) is 13.2 Å². The van der Waals surface area contributed by atoms with Crippen molar-refractivity contribution in [3.63, 3.8) is 0 Å². The number of halogens is 3. The lowest BCUT2D eigenvalue weighted by Crippen LogP contribution is -2.46. The molecule has 0 spiro atoms. The van der Waals surface area contributed by atoms with Gasteiger partial charge in [0.25, 0.3) is 0 Å². The van der Waals surface area contributed by atoms with Gasteiger partial charge in [0.1, 0.15) is 11.4 Å². The minimum absolute atomic E-state index is 0.0442. The van der Waals surface area contributed by atoms with Crippen LogP contribution in [-0.2, 0) is 22.1 Å². The molecule has 1 saturated heterocycles. The van der Waals surface area contributed by atoms with E-state index in [1.165, 1.54) is 11.0 Å². The highest BCUT2D eigenvalue weighted by Crippen LogP contribution is 2.30. The number of alkyl halides is 3. The molecule has 1 fully saturated rings. The molecule has 0 radical (unpaired) electrons. The van der Waals surface area contributed by atoms with E-state index in [9.17, 15) is 22.8 Å². The standard InChI is InChI=1S/C18H22F3NO3/c1-17(2,3)25-16(24)22-8-7-15(23)13(11-22)9-12-5-4-6-14(10-12)18(19,20)21/h4-6,10,13H,7-9,11H2,1-3H3. The van der Waals surface area contributed by atoms with E-state index >= 15 is 0 Å². The molecule has 1 heterocycles. The molecule has 0 bridgehead atoms. The number of benzene rings is 1. The van der Waals surface area contributed by atoms with Crippen molar-refractivity contribution in [3.8, 4) is 0 Å². The summed E-state index contributed by atoms with van der Waals surface area (Å²) < 4.78 is 43.7. The third-order valence-electron chi connectivity index (χ3n) is 3.91. The summed E-state index contributed by atoms with van der Waals surface area (Å²) in [5.41, 5.74) is -0.953. The monoisotopic (exact) mass is 357 g/mol. The lowest BCUT2D eigenvalue weighted by Gasteiger charge is -2.33. The molecule has 7 heteroatoms. The lowest BCUT2D eigenvalue weighted by atomic mass is 9.89. The molecule has 1 aromatic rings. The van der Waals surface area contributed by atoms with Crippen LogP contribution in [0, 0.1) is 5.92 Å². The highest BCUT2D eigenvalue weighted by atomic mass is 19.4. The number of hydrogen-bond acceptors (Lipinski definition) is 3. The Hall–Kier alpha value is -2.05. The van der Waals surface area contributed by atoms with Gasteiger partial charge in [0.2, 0.25) is 0 Å². The van der Waals surface area contributed by atoms with Gasteiger partial charge in [0.15, 0.2) is 0 Å². The van der Waals surface area contributed by atoms with Crippen LogP contribution in [-0.4, -0.2) is 35.5 Å². The number of amides is 1. The molecule has 1 unspecified atom stereocenters. The fraction of sp³-hybridized carbons (Fsp3) is 0.556. The number of ketones is 1. The fourth-order valence-corrected chi connectivity index (χ4v) is 2.74. The number of carbonyl (C=O) groups is 2. The second-order valence-electron chi connectivity index (χ2n) is 7.24. The minimum atomic E-state index is -4.42. The molecule has 0 aromatic heterocycles. The number of nitrogens with zero attached hydrogens (tertiary/aromatic N) is 1. The zero-order valence-electron chi connectivity index (χ0n) is 14.5. The highest BCUT2D eigenvalue weighted by molar-refractivity contribution is 5.84. The van der Waals surface area contributed by atoms with E-state index in [4.69, 9.17) is 4.74 Å². The first-order valence-electron chi connectivity index (χ1n) is 8.12. The maximum atomic E-state index is 12.8. The average molecular weight is 357 g/mol. The maximum Gasteiger partial charge on any atom is 0.416 e. The van der Waals surface area contributed by atoms with Crippen LogP contribution in [0.3, 0.4) is 0 Å². The van der Waals surface area contributed by atoms with Gasteiger partial charge in [0.05, 0.1) is 5.56 Å². The van der Waals surface area contributed by atoms with E-state index in [1.54, 1.807) is 26.8 Å². The van der Waals surface area contributed by atoms with E-state index in [0.717, 1.165) is 12.1 Å². The van der Waals surface area contributed by atoms with Crippen LogP contribution < -0.4 is 0 Å². The van der Waals surface area contributed by atoms with Gasteiger partial charge in [0, 0.05) is 25.4 Å². The number of Topliss-reactive ketones (excluding diaryl/α,β-unsaturated/α-hetero) is 1. The Balaban J connectivity index is 2.08. The van der Waals surface area contributed by atoms with Crippen molar-refractivity contribution in [2.45, 2.75) is 45.4 Å². The maximum absolute atomic E-state index is 12.8. The van der Waals surface area contributed by atoms with Crippen molar-refractivity contribution >= 4 is 11.9 Å². The van der Waals surface area contributed by atoms with Gasteiger partial charge >= 0.3 is 12.3 Å². The fourth-order valence-electron chi connectivity index (χ4n) is 2.74. The summed E-state index contributed by atoms with van der Waals surface area (Å²) in [6.45, 7) is 5.68. The predicted octanol–water partition coefficient (Wildman–Crippen LogP) is 4.07. The zero-order valence-corrected chi connectivity index (χ0v) is 14.5. The highest BCUT2D eigenvalue weighted by Gasteiger charge is 2.33. The van der Waals surface area contributed by atoms with Crippen molar-refractivity contribution in [3.05, 3.63) is 35.4 Å². The molecule has 1 aliphatic rings. The van der Waals surface area contributed by atoms with Crippen LogP contribution >= 0.6 is 0 Å². The number of ether oxygens (including phenoxy) is 1.